The molecule has 0 atom stereocenters. The number of halogens is 4. The number of rotatable bonds is 2. The van der Waals surface area contributed by atoms with E-state index >= 15 is 0 Å². The second kappa shape index (κ2) is 6.62. The predicted molar refractivity (Wildman–Crippen MR) is 91.6 cm³/mol. The number of amides is 1. The fourth-order valence-electron chi connectivity index (χ4n) is 1.87. The lowest BCUT2D eigenvalue weighted by atomic mass is 10.2. The molecule has 0 aliphatic carbocycles. The Morgan fingerprint density at radius 3 is 2.71 bits per heavy atom. The van der Waals surface area contributed by atoms with Crippen molar-refractivity contribution in [1.82, 2.24) is 5.32 Å². The minimum atomic E-state index is -4.49. The fraction of sp³-hybridized carbons (Fsp3) is 0.0667. The molecule has 1 N–H and O–H groups in total. The fourth-order valence-corrected chi connectivity index (χ4v) is 3.58. The Kier molecular flexibility index (Phi) is 4.71. The summed E-state index contributed by atoms with van der Waals surface area (Å²) in [6.45, 7) is 0. The first-order chi connectivity index (χ1) is 11.3. The van der Waals surface area contributed by atoms with Crippen molar-refractivity contribution in [2.75, 3.05) is 0 Å². The molecule has 24 heavy (non-hydrogen) atoms. The van der Waals surface area contributed by atoms with Crippen LogP contribution in [0.15, 0.2) is 45.6 Å². The lowest BCUT2D eigenvalue weighted by Crippen LogP contribution is -2.19. The second-order valence-corrected chi connectivity index (χ2v) is 7.08. The largest absolute Gasteiger partial charge is 0.416 e. The van der Waals surface area contributed by atoms with Crippen molar-refractivity contribution in [3.63, 3.8) is 0 Å². The summed E-state index contributed by atoms with van der Waals surface area (Å²) in [6, 6.07) is 6.57. The summed E-state index contributed by atoms with van der Waals surface area (Å²) in [4.78, 5) is 17.3. The molecule has 2 aromatic rings. The minimum Gasteiger partial charge on any atom is -0.300 e. The molecular weight excluding hydrogens is 381 g/mol. The summed E-state index contributed by atoms with van der Waals surface area (Å²) >= 11 is 8.42. The highest BCUT2D eigenvalue weighted by molar-refractivity contribution is 8.18. The van der Waals surface area contributed by atoms with Crippen LogP contribution in [0.1, 0.15) is 10.4 Å². The first-order valence-corrected chi connectivity index (χ1v) is 8.60. The van der Waals surface area contributed by atoms with Gasteiger partial charge in [-0.3, -0.25) is 4.79 Å². The van der Waals surface area contributed by atoms with Crippen LogP contribution in [0.4, 0.5) is 18.9 Å². The quantitative estimate of drug-likeness (QED) is 0.708. The second-order valence-electron chi connectivity index (χ2n) is 4.66. The topological polar surface area (TPSA) is 41.5 Å². The predicted octanol–water partition coefficient (Wildman–Crippen LogP) is 5.31. The number of amidine groups is 1. The van der Waals surface area contributed by atoms with Crippen LogP contribution in [0.2, 0.25) is 5.02 Å². The lowest BCUT2D eigenvalue weighted by Gasteiger charge is -2.08. The van der Waals surface area contributed by atoms with E-state index < -0.39 is 11.7 Å². The van der Waals surface area contributed by atoms with Gasteiger partial charge < -0.3 is 5.32 Å². The Morgan fingerprint density at radius 1 is 1.25 bits per heavy atom. The maximum Gasteiger partial charge on any atom is 0.416 e. The highest BCUT2D eigenvalue weighted by Gasteiger charge is 2.31. The van der Waals surface area contributed by atoms with Crippen molar-refractivity contribution in [1.29, 1.82) is 0 Å². The summed E-state index contributed by atoms with van der Waals surface area (Å²) in [6.07, 6.45) is -2.79. The van der Waals surface area contributed by atoms with Crippen molar-refractivity contribution in [2.24, 2.45) is 4.99 Å². The van der Waals surface area contributed by atoms with Gasteiger partial charge in [-0.25, -0.2) is 4.99 Å². The molecular formula is C15H8ClF3N2OS2. The molecule has 3 nitrogen and oxygen atoms in total. The Morgan fingerprint density at radius 2 is 2.04 bits per heavy atom. The van der Waals surface area contributed by atoms with E-state index in [1.807, 2.05) is 17.5 Å². The Hall–Kier alpha value is -1.77. The standard InChI is InChI=1S/C15H8ClF3N2OS2/c16-10-4-3-8(15(17,18)19)6-11(10)20-14-21-13(22)12(24-14)7-9-2-1-5-23-9/h1-7H,(H,20,21,22). The van der Waals surface area contributed by atoms with Gasteiger partial charge in [0.2, 0.25) is 0 Å². The van der Waals surface area contributed by atoms with Crippen molar-refractivity contribution in [2.45, 2.75) is 6.18 Å². The summed E-state index contributed by atoms with van der Waals surface area (Å²) < 4.78 is 38.3. The van der Waals surface area contributed by atoms with E-state index in [0.717, 1.165) is 34.8 Å². The SMILES string of the molecule is O=C1NC(=Nc2cc(C(F)(F)F)ccc2Cl)SC1=Cc1cccs1. The van der Waals surface area contributed by atoms with E-state index in [-0.39, 0.29) is 21.8 Å². The molecule has 2 heterocycles. The van der Waals surface area contributed by atoms with Gasteiger partial charge in [0.15, 0.2) is 5.17 Å². The molecule has 1 saturated heterocycles. The number of thioether (sulfide) groups is 1. The van der Waals surface area contributed by atoms with Crippen LogP contribution in [0.5, 0.6) is 0 Å². The lowest BCUT2D eigenvalue weighted by molar-refractivity contribution is -0.137. The molecule has 0 saturated carbocycles. The molecule has 3 rings (SSSR count). The molecule has 0 bridgehead atoms. The van der Waals surface area contributed by atoms with Gasteiger partial charge in [-0.15, -0.1) is 11.3 Å². The average Bonchev–Trinajstić information content (AvgIpc) is 3.11. The highest BCUT2D eigenvalue weighted by Crippen LogP contribution is 2.36. The summed E-state index contributed by atoms with van der Waals surface area (Å²) in [5, 5.41) is 4.65. The normalized spacial score (nSPS) is 18.4. The molecule has 1 aromatic carbocycles. The van der Waals surface area contributed by atoms with Crippen LogP contribution in [-0.2, 0) is 11.0 Å². The van der Waals surface area contributed by atoms with E-state index in [2.05, 4.69) is 10.3 Å². The van der Waals surface area contributed by atoms with Gasteiger partial charge in [-0.05, 0) is 47.5 Å². The molecule has 0 spiro atoms. The monoisotopic (exact) mass is 388 g/mol. The Bertz CT molecular complexity index is 845. The van der Waals surface area contributed by atoms with Crippen LogP contribution < -0.4 is 5.32 Å². The summed E-state index contributed by atoms with van der Waals surface area (Å²) in [7, 11) is 0. The molecule has 124 valence electrons. The molecule has 1 fully saturated rings. The molecule has 1 amide bonds. The number of carbonyl (C=O) groups is 1. The molecule has 1 aliphatic rings. The maximum absolute atomic E-state index is 12.8. The van der Waals surface area contributed by atoms with Crippen LogP contribution >= 0.6 is 34.7 Å². The molecule has 0 radical (unpaired) electrons. The van der Waals surface area contributed by atoms with Gasteiger partial charge in [0, 0.05) is 4.88 Å². The number of benzene rings is 1. The van der Waals surface area contributed by atoms with Crippen LogP contribution in [0.3, 0.4) is 0 Å². The number of nitrogens with zero attached hydrogens (tertiary/aromatic N) is 1. The molecule has 9 heteroatoms. The number of aliphatic imine (C=N–C) groups is 1. The van der Waals surface area contributed by atoms with Crippen molar-refractivity contribution in [3.05, 3.63) is 56.1 Å². The van der Waals surface area contributed by atoms with Crippen molar-refractivity contribution < 1.29 is 18.0 Å². The van der Waals surface area contributed by atoms with Gasteiger partial charge >= 0.3 is 6.18 Å². The van der Waals surface area contributed by atoms with E-state index in [4.69, 9.17) is 11.6 Å². The highest BCUT2D eigenvalue weighted by atomic mass is 35.5. The maximum atomic E-state index is 12.8. The summed E-state index contributed by atoms with van der Waals surface area (Å²) in [5.74, 6) is -0.352. The van der Waals surface area contributed by atoms with Gasteiger partial charge in [0.05, 0.1) is 21.2 Å². The van der Waals surface area contributed by atoms with Crippen LogP contribution in [0, 0.1) is 0 Å². The number of nitrogens with one attached hydrogen (secondary N) is 1. The van der Waals surface area contributed by atoms with Gasteiger partial charge in [-0.1, -0.05) is 17.7 Å². The molecule has 1 aromatic heterocycles. The first-order valence-electron chi connectivity index (χ1n) is 6.53. The van der Waals surface area contributed by atoms with Gasteiger partial charge in [-0.2, -0.15) is 13.2 Å². The number of alkyl halides is 3. The third-order valence-corrected chi connectivity index (χ3v) is 5.01. The average molecular weight is 389 g/mol. The third kappa shape index (κ3) is 3.82. The minimum absolute atomic E-state index is 0.0494. The van der Waals surface area contributed by atoms with Crippen LogP contribution in [-0.4, -0.2) is 11.1 Å². The van der Waals surface area contributed by atoms with E-state index in [1.54, 1.807) is 6.08 Å². The van der Waals surface area contributed by atoms with E-state index in [9.17, 15) is 18.0 Å². The Balaban J connectivity index is 1.89. The number of hydrogen-bond acceptors (Lipinski definition) is 4. The van der Waals surface area contributed by atoms with Gasteiger partial charge in [0.25, 0.3) is 5.91 Å². The van der Waals surface area contributed by atoms with E-state index in [1.165, 1.54) is 11.3 Å². The third-order valence-electron chi connectivity index (χ3n) is 2.96. The zero-order valence-electron chi connectivity index (χ0n) is 11.7. The number of thiophene rings is 1. The number of carbonyl (C=O) groups excluding carboxylic acids is 1. The van der Waals surface area contributed by atoms with E-state index in [0.29, 0.717) is 4.91 Å². The first kappa shape index (κ1) is 17.1. The smallest absolute Gasteiger partial charge is 0.300 e. The van der Waals surface area contributed by atoms with Crippen molar-refractivity contribution in [3.8, 4) is 0 Å². The van der Waals surface area contributed by atoms with Crippen molar-refractivity contribution >= 4 is 57.5 Å². The van der Waals surface area contributed by atoms with Crippen LogP contribution in [0.25, 0.3) is 6.08 Å². The Labute approximate surface area is 148 Å². The zero-order valence-corrected chi connectivity index (χ0v) is 14.1. The number of hydrogen-bond donors (Lipinski definition) is 1. The molecule has 1 aliphatic heterocycles. The molecule has 0 unspecified atom stereocenters. The zero-order chi connectivity index (χ0) is 17.3. The van der Waals surface area contributed by atoms with Gasteiger partial charge in [0.1, 0.15) is 0 Å². The summed E-state index contributed by atoms with van der Waals surface area (Å²) in [5.41, 5.74) is -0.901.